The average molecular weight is 294 g/mol. The third kappa shape index (κ3) is 3.42. The van der Waals surface area contributed by atoms with Crippen molar-refractivity contribution in [2.45, 2.75) is 25.7 Å². The third-order valence-electron chi connectivity index (χ3n) is 5.05. The van der Waals surface area contributed by atoms with Crippen LogP contribution in [0.2, 0.25) is 0 Å². The smallest absolute Gasteiger partial charge is 0.216 e. The van der Waals surface area contributed by atoms with Gasteiger partial charge in [0.2, 0.25) is 5.78 Å². The molecule has 3 atom stereocenters. The summed E-state index contributed by atoms with van der Waals surface area (Å²) in [7, 11) is 2.28. The molecule has 1 aromatic rings. The molecule has 0 radical (unpaired) electrons. The molecule has 0 N–H and O–H groups in total. The molecule has 20 heavy (non-hydrogen) atoms. The molecule has 2 fully saturated rings. The van der Waals surface area contributed by atoms with Crippen LogP contribution in [-0.2, 0) is 0 Å². The van der Waals surface area contributed by atoms with Crippen LogP contribution in [0.5, 0.6) is 0 Å². The lowest BCUT2D eigenvalue weighted by molar-refractivity contribution is -0.904. The molecule has 0 spiro atoms. The van der Waals surface area contributed by atoms with Crippen molar-refractivity contribution in [2.24, 2.45) is 11.8 Å². The number of carbonyl (C=O) groups is 1. The quantitative estimate of drug-likeness (QED) is 0.572. The Morgan fingerprint density at radius 3 is 2.60 bits per heavy atom. The van der Waals surface area contributed by atoms with Crippen LogP contribution >= 0.6 is 0 Å². The van der Waals surface area contributed by atoms with Crippen LogP contribution in [0.4, 0.5) is 0 Å². The second kappa shape index (κ2) is 6.28. The minimum Gasteiger partial charge on any atom is -1.00 e. The molecule has 2 aliphatic rings. The van der Waals surface area contributed by atoms with E-state index in [1.54, 1.807) is 0 Å². The molecule has 1 saturated heterocycles. The van der Waals surface area contributed by atoms with Crippen LogP contribution in [-0.4, -0.2) is 36.9 Å². The zero-order valence-corrected chi connectivity index (χ0v) is 13.0. The van der Waals surface area contributed by atoms with Gasteiger partial charge in [-0.05, 0) is 31.6 Å². The number of likely N-dealkylation sites (tertiary alicyclic amines) is 1. The van der Waals surface area contributed by atoms with Gasteiger partial charge in [-0.1, -0.05) is 30.3 Å². The second-order valence-corrected chi connectivity index (χ2v) is 6.81. The highest BCUT2D eigenvalue weighted by Gasteiger charge is 2.38. The molecule has 2 nitrogen and oxygen atoms in total. The molecule has 110 valence electrons. The summed E-state index contributed by atoms with van der Waals surface area (Å²) in [5, 5.41) is 0. The van der Waals surface area contributed by atoms with Gasteiger partial charge in [-0.3, -0.25) is 4.79 Å². The van der Waals surface area contributed by atoms with Crippen molar-refractivity contribution in [3.8, 4) is 0 Å². The van der Waals surface area contributed by atoms with Gasteiger partial charge in [-0.25, -0.2) is 0 Å². The van der Waals surface area contributed by atoms with Gasteiger partial charge in [0, 0.05) is 11.5 Å². The van der Waals surface area contributed by atoms with Gasteiger partial charge < -0.3 is 16.9 Å². The molecule has 2 bridgehead atoms. The number of nitrogens with zero attached hydrogens (tertiary/aromatic N) is 1. The summed E-state index contributed by atoms with van der Waals surface area (Å²) in [5.41, 5.74) is 0.872. The number of quaternary nitrogens is 1. The van der Waals surface area contributed by atoms with Gasteiger partial charge >= 0.3 is 0 Å². The van der Waals surface area contributed by atoms with Crippen molar-refractivity contribution < 1.29 is 21.7 Å². The van der Waals surface area contributed by atoms with Crippen molar-refractivity contribution in [1.29, 1.82) is 0 Å². The monoisotopic (exact) mass is 293 g/mol. The Balaban J connectivity index is 0.00000147. The number of likely N-dealkylation sites (N-methyl/N-ethyl adjacent to an activating group) is 1. The number of ketones is 1. The maximum atomic E-state index is 12.4. The van der Waals surface area contributed by atoms with E-state index in [4.69, 9.17) is 0 Å². The summed E-state index contributed by atoms with van der Waals surface area (Å²) >= 11 is 0. The van der Waals surface area contributed by atoms with Crippen LogP contribution in [0.1, 0.15) is 36.0 Å². The summed E-state index contributed by atoms with van der Waals surface area (Å²) in [5.74, 6) is 2.11. The van der Waals surface area contributed by atoms with Gasteiger partial charge in [0.1, 0.15) is 6.54 Å². The first-order chi connectivity index (χ1) is 9.15. The van der Waals surface area contributed by atoms with E-state index in [-0.39, 0.29) is 12.4 Å². The van der Waals surface area contributed by atoms with E-state index in [1.807, 2.05) is 30.3 Å². The minimum absolute atomic E-state index is 0. The van der Waals surface area contributed by atoms with Crippen molar-refractivity contribution in [1.82, 2.24) is 0 Å². The van der Waals surface area contributed by atoms with Crippen molar-refractivity contribution in [3.63, 3.8) is 0 Å². The van der Waals surface area contributed by atoms with E-state index in [0.29, 0.717) is 12.3 Å². The third-order valence-corrected chi connectivity index (χ3v) is 5.05. The fraction of sp³-hybridized carbons (Fsp3) is 0.588. The van der Waals surface area contributed by atoms with E-state index in [2.05, 4.69) is 7.05 Å². The Bertz CT molecular complexity index is 461. The molecule has 1 aliphatic heterocycles. The van der Waals surface area contributed by atoms with Gasteiger partial charge in [0.25, 0.3) is 0 Å². The second-order valence-electron chi connectivity index (χ2n) is 6.81. The summed E-state index contributed by atoms with van der Waals surface area (Å²) in [4.78, 5) is 12.4. The van der Waals surface area contributed by atoms with Crippen molar-refractivity contribution in [3.05, 3.63) is 35.9 Å². The van der Waals surface area contributed by atoms with Crippen LogP contribution in [0.3, 0.4) is 0 Å². The van der Waals surface area contributed by atoms with Crippen molar-refractivity contribution >= 4 is 5.78 Å². The number of Topliss-reactive ketones (excluding diaryl/α,β-unsaturated/α-hetero) is 1. The Kier molecular flexibility index (Phi) is 4.87. The highest BCUT2D eigenvalue weighted by Crippen LogP contribution is 2.38. The largest absolute Gasteiger partial charge is 1.00 e. The Labute approximate surface area is 128 Å². The summed E-state index contributed by atoms with van der Waals surface area (Å²) < 4.78 is 0.953. The maximum absolute atomic E-state index is 12.4. The molecular weight excluding hydrogens is 270 g/mol. The zero-order valence-electron chi connectivity index (χ0n) is 12.2. The summed E-state index contributed by atoms with van der Waals surface area (Å²) in [6.07, 6.45) is 5.54. The first-order valence-corrected chi connectivity index (χ1v) is 7.56. The average Bonchev–Trinajstić information content (AvgIpc) is 2.77. The predicted molar refractivity (Wildman–Crippen MR) is 77.0 cm³/mol. The minimum atomic E-state index is 0. The molecule has 0 aromatic heterocycles. The Hall–Kier alpha value is -0.860. The Morgan fingerprint density at radius 2 is 1.85 bits per heavy atom. The molecule has 3 heteroatoms. The highest BCUT2D eigenvalue weighted by atomic mass is 35.5. The summed E-state index contributed by atoms with van der Waals surface area (Å²) in [6.45, 7) is 3.06. The molecule has 1 saturated carbocycles. The first kappa shape index (κ1) is 15.5. The highest BCUT2D eigenvalue weighted by molar-refractivity contribution is 5.96. The number of hydrogen-bond acceptors (Lipinski definition) is 1. The molecule has 1 heterocycles. The van der Waals surface area contributed by atoms with Crippen LogP contribution in [0, 0.1) is 11.8 Å². The number of fused-ring (bicyclic) bond motifs is 2. The van der Waals surface area contributed by atoms with Crippen molar-refractivity contribution in [2.75, 3.05) is 26.7 Å². The van der Waals surface area contributed by atoms with Gasteiger partial charge in [-0.15, -0.1) is 0 Å². The lowest BCUT2D eigenvalue weighted by Gasteiger charge is -2.35. The zero-order chi connectivity index (χ0) is 13.3. The number of carbonyl (C=O) groups excluding carboxylic acids is 1. The summed E-state index contributed by atoms with van der Waals surface area (Å²) in [6, 6.07) is 9.77. The number of halogens is 1. The van der Waals surface area contributed by atoms with E-state index >= 15 is 0 Å². The van der Waals surface area contributed by atoms with E-state index in [1.165, 1.54) is 38.8 Å². The lowest BCUT2D eigenvalue weighted by Crippen LogP contribution is -3.00. The number of rotatable bonds is 3. The topological polar surface area (TPSA) is 17.1 Å². The van der Waals surface area contributed by atoms with Gasteiger partial charge in [0.05, 0.1) is 20.1 Å². The molecule has 1 aliphatic carbocycles. The van der Waals surface area contributed by atoms with Crippen LogP contribution in [0.15, 0.2) is 30.3 Å². The Morgan fingerprint density at radius 1 is 1.15 bits per heavy atom. The fourth-order valence-electron chi connectivity index (χ4n) is 4.02. The number of hydrogen-bond donors (Lipinski definition) is 0. The van der Waals surface area contributed by atoms with Gasteiger partial charge in [-0.2, -0.15) is 0 Å². The number of benzene rings is 1. The standard InChI is InChI=1S/C17H24NO.ClH/c1-18(10-9-14-7-8-15(11-14)12-18)13-17(19)16-5-3-2-4-6-16;/h2-6,14-15H,7-13H2,1H3;1H/q+1;/p-1. The van der Waals surface area contributed by atoms with E-state index in [9.17, 15) is 4.79 Å². The van der Waals surface area contributed by atoms with Crippen LogP contribution < -0.4 is 12.4 Å². The molecule has 3 rings (SSSR count). The maximum Gasteiger partial charge on any atom is 0.216 e. The fourth-order valence-corrected chi connectivity index (χ4v) is 4.02. The first-order valence-electron chi connectivity index (χ1n) is 7.56. The predicted octanol–water partition coefficient (Wildman–Crippen LogP) is 0.140. The molecule has 3 unspecified atom stereocenters. The normalized spacial score (nSPS) is 32.2. The van der Waals surface area contributed by atoms with Crippen LogP contribution in [0.25, 0.3) is 0 Å². The lowest BCUT2D eigenvalue weighted by atomic mass is 10.0. The van der Waals surface area contributed by atoms with E-state index < -0.39 is 0 Å². The van der Waals surface area contributed by atoms with Gasteiger partial charge in [0.15, 0.2) is 0 Å². The molecule has 0 amide bonds. The van der Waals surface area contributed by atoms with E-state index in [0.717, 1.165) is 21.9 Å². The molecular formula is C17H24ClNO. The molecule has 1 aromatic carbocycles. The SMILES string of the molecule is C[N+]1(CC(=O)c2ccccc2)CCC2CCC(C2)C1.[Cl-].